The first-order valence-electron chi connectivity index (χ1n) is 6.57. The van der Waals surface area contributed by atoms with Gasteiger partial charge in [0, 0.05) is 30.1 Å². The Kier molecular flexibility index (Phi) is 4.45. The third kappa shape index (κ3) is 3.14. The van der Waals surface area contributed by atoms with Gasteiger partial charge < -0.3 is 9.64 Å². The molecule has 1 heterocycles. The average Bonchev–Trinajstić information content (AvgIpc) is 2.85. The monoisotopic (exact) mass is 288 g/mol. The van der Waals surface area contributed by atoms with Crippen molar-refractivity contribution < 1.29 is 14.3 Å². The lowest BCUT2D eigenvalue weighted by Gasteiger charge is -2.18. The predicted molar refractivity (Wildman–Crippen MR) is 77.0 cm³/mol. The fourth-order valence-corrected chi connectivity index (χ4v) is 2.46. The summed E-state index contributed by atoms with van der Waals surface area (Å²) in [6, 6.07) is 5.18. The number of methoxy groups -OCH3 is 1. The maximum absolute atomic E-state index is 12.0. The van der Waals surface area contributed by atoms with Crippen LogP contribution < -0.4 is 4.90 Å². The van der Waals surface area contributed by atoms with Crippen LogP contribution in [0.2, 0.25) is 0 Å². The summed E-state index contributed by atoms with van der Waals surface area (Å²) >= 11 is 0. The van der Waals surface area contributed by atoms with Gasteiger partial charge in [-0.2, -0.15) is 0 Å². The summed E-state index contributed by atoms with van der Waals surface area (Å²) in [6.45, 7) is 2.64. The van der Waals surface area contributed by atoms with E-state index in [0.29, 0.717) is 25.1 Å². The number of aryl methyl sites for hydroxylation is 1. The first-order valence-corrected chi connectivity index (χ1v) is 6.57. The molecule has 0 radical (unpaired) electrons. The number of rotatable bonds is 4. The molecule has 0 N–H and O–H groups in total. The van der Waals surface area contributed by atoms with Crippen LogP contribution in [0.15, 0.2) is 23.3 Å². The van der Waals surface area contributed by atoms with Crippen molar-refractivity contribution in [1.82, 2.24) is 0 Å². The van der Waals surface area contributed by atoms with Gasteiger partial charge in [-0.3, -0.25) is 4.79 Å². The highest BCUT2D eigenvalue weighted by Crippen LogP contribution is 2.27. The van der Waals surface area contributed by atoms with Crippen molar-refractivity contribution in [3.05, 3.63) is 39.8 Å². The fraction of sp³-hybridized carbons (Fsp3) is 0.429. The van der Waals surface area contributed by atoms with Gasteiger partial charge in [0.2, 0.25) is 5.91 Å². The Morgan fingerprint density at radius 2 is 2.33 bits per heavy atom. The predicted octanol–water partition coefficient (Wildman–Crippen LogP) is 2.44. The Morgan fingerprint density at radius 3 is 2.95 bits per heavy atom. The molecule has 1 aliphatic rings. The van der Waals surface area contributed by atoms with Gasteiger partial charge in [-0.15, -0.1) is 0 Å². The average molecular weight is 288 g/mol. The van der Waals surface area contributed by atoms with Gasteiger partial charge in [-0.05, 0) is 42.1 Å². The quantitative estimate of drug-likeness (QED) is 0.368. The lowest BCUT2D eigenvalue weighted by atomic mass is 10.1. The van der Waals surface area contributed by atoms with E-state index >= 15 is 0 Å². The van der Waals surface area contributed by atoms with E-state index in [9.17, 15) is 9.59 Å². The molecule has 1 aromatic rings. The fourth-order valence-electron chi connectivity index (χ4n) is 2.46. The smallest absolute Gasteiger partial charge is 0.338 e. The molecule has 7 nitrogen and oxygen atoms in total. The molecule has 7 heteroatoms. The van der Waals surface area contributed by atoms with Gasteiger partial charge in [0.1, 0.15) is 0 Å². The Hall–Kier alpha value is -2.53. The number of hydrogen-bond acceptors (Lipinski definition) is 4. The molecule has 1 unspecified atom stereocenters. The van der Waals surface area contributed by atoms with Gasteiger partial charge in [0.05, 0.1) is 12.7 Å². The summed E-state index contributed by atoms with van der Waals surface area (Å²) in [7, 11) is 1.33. The Bertz CT molecular complexity index is 623. The number of azide groups is 1. The van der Waals surface area contributed by atoms with Crippen molar-refractivity contribution in [2.45, 2.75) is 13.3 Å². The molecule has 0 saturated carbocycles. The number of nitrogens with zero attached hydrogens (tertiary/aromatic N) is 4. The number of esters is 1. The van der Waals surface area contributed by atoms with Crippen molar-refractivity contribution in [2.75, 3.05) is 25.1 Å². The maximum Gasteiger partial charge on any atom is 0.338 e. The molecule has 0 spiro atoms. The second-order valence-electron chi connectivity index (χ2n) is 4.98. The van der Waals surface area contributed by atoms with Crippen LogP contribution in [0.3, 0.4) is 0 Å². The van der Waals surface area contributed by atoms with Gasteiger partial charge in [-0.25, -0.2) is 4.79 Å². The third-order valence-corrected chi connectivity index (χ3v) is 3.54. The van der Waals surface area contributed by atoms with Crippen LogP contribution in [0.1, 0.15) is 22.3 Å². The minimum Gasteiger partial charge on any atom is -0.465 e. The molecular weight excluding hydrogens is 272 g/mol. The zero-order valence-electron chi connectivity index (χ0n) is 11.9. The molecular formula is C14H16N4O3. The number of ether oxygens (including phenoxy) is 1. The topological polar surface area (TPSA) is 95.4 Å². The Labute approximate surface area is 122 Å². The van der Waals surface area contributed by atoms with Crippen molar-refractivity contribution in [3.8, 4) is 0 Å². The molecule has 1 amide bonds. The summed E-state index contributed by atoms with van der Waals surface area (Å²) in [5.74, 6) is -0.361. The molecule has 1 atom stereocenters. The minimum atomic E-state index is -0.395. The van der Waals surface area contributed by atoms with Crippen molar-refractivity contribution in [1.29, 1.82) is 0 Å². The Morgan fingerprint density at radius 1 is 1.57 bits per heavy atom. The van der Waals surface area contributed by atoms with E-state index in [1.165, 1.54) is 7.11 Å². The largest absolute Gasteiger partial charge is 0.465 e. The van der Waals surface area contributed by atoms with Crippen LogP contribution in [0.5, 0.6) is 0 Å². The number of anilines is 1. The zero-order chi connectivity index (χ0) is 15.4. The summed E-state index contributed by atoms with van der Waals surface area (Å²) in [4.78, 5) is 28.0. The number of hydrogen-bond donors (Lipinski definition) is 0. The van der Waals surface area contributed by atoms with Crippen molar-refractivity contribution in [2.24, 2.45) is 11.0 Å². The lowest BCUT2D eigenvalue weighted by molar-refractivity contribution is -0.117. The van der Waals surface area contributed by atoms with Crippen LogP contribution >= 0.6 is 0 Å². The highest BCUT2D eigenvalue weighted by atomic mass is 16.5. The summed E-state index contributed by atoms with van der Waals surface area (Å²) < 4.78 is 4.70. The normalized spacial score (nSPS) is 17.5. The third-order valence-electron chi connectivity index (χ3n) is 3.54. The molecule has 1 fully saturated rings. The molecule has 2 rings (SSSR count). The molecule has 0 aliphatic carbocycles. The van der Waals surface area contributed by atoms with E-state index in [1.807, 2.05) is 0 Å². The van der Waals surface area contributed by atoms with Crippen LogP contribution in [-0.4, -0.2) is 32.1 Å². The van der Waals surface area contributed by atoms with Crippen LogP contribution in [-0.2, 0) is 9.53 Å². The van der Waals surface area contributed by atoms with E-state index in [2.05, 4.69) is 10.0 Å². The standard InChI is InChI=1S/C14H16N4O3/c1-9-5-11(3-4-12(9)14(20)21-2)18-8-10(6-13(18)19)7-16-17-15/h3-5,10H,6-8H2,1-2H3. The molecule has 1 saturated heterocycles. The number of carbonyl (C=O) groups is 2. The molecule has 21 heavy (non-hydrogen) atoms. The molecule has 0 bridgehead atoms. The highest BCUT2D eigenvalue weighted by molar-refractivity contribution is 5.97. The van der Waals surface area contributed by atoms with E-state index in [-0.39, 0.29) is 11.8 Å². The van der Waals surface area contributed by atoms with E-state index in [0.717, 1.165) is 11.3 Å². The van der Waals surface area contributed by atoms with Crippen LogP contribution in [0.25, 0.3) is 10.4 Å². The highest BCUT2D eigenvalue weighted by Gasteiger charge is 2.30. The Balaban J connectivity index is 2.19. The van der Waals surface area contributed by atoms with Crippen molar-refractivity contribution in [3.63, 3.8) is 0 Å². The number of carbonyl (C=O) groups excluding carboxylic acids is 2. The van der Waals surface area contributed by atoms with Crippen molar-refractivity contribution >= 4 is 17.6 Å². The number of benzene rings is 1. The molecule has 0 aromatic heterocycles. The zero-order valence-corrected chi connectivity index (χ0v) is 11.9. The molecule has 1 aromatic carbocycles. The first-order chi connectivity index (χ1) is 10.1. The number of amides is 1. The van der Waals surface area contributed by atoms with Gasteiger partial charge >= 0.3 is 5.97 Å². The van der Waals surface area contributed by atoms with Gasteiger partial charge in [-0.1, -0.05) is 5.11 Å². The SMILES string of the molecule is COC(=O)c1ccc(N2CC(CN=[N+]=[N-])CC2=O)cc1C. The molecule has 110 valence electrons. The van der Waals surface area contributed by atoms with E-state index in [4.69, 9.17) is 10.3 Å². The summed E-state index contributed by atoms with van der Waals surface area (Å²) in [5, 5.41) is 3.52. The minimum absolute atomic E-state index is 0.00152. The molecule has 1 aliphatic heterocycles. The summed E-state index contributed by atoms with van der Waals surface area (Å²) in [6.07, 6.45) is 0.372. The maximum atomic E-state index is 12.0. The van der Waals surface area contributed by atoms with Crippen LogP contribution in [0, 0.1) is 12.8 Å². The van der Waals surface area contributed by atoms with Gasteiger partial charge in [0.15, 0.2) is 0 Å². The first kappa shape index (κ1) is 14.9. The lowest BCUT2D eigenvalue weighted by Crippen LogP contribution is -2.25. The second kappa shape index (κ2) is 6.28. The van der Waals surface area contributed by atoms with Crippen LogP contribution in [0.4, 0.5) is 5.69 Å². The second-order valence-corrected chi connectivity index (χ2v) is 4.98. The van der Waals surface area contributed by atoms with Gasteiger partial charge in [0.25, 0.3) is 0 Å². The summed E-state index contributed by atoms with van der Waals surface area (Å²) in [5.41, 5.74) is 10.3. The van der Waals surface area contributed by atoms with E-state index < -0.39 is 5.97 Å². The van der Waals surface area contributed by atoms with E-state index in [1.54, 1.807) is 30.0 Å².